The lowest BCUT2D eigenvalue weighted by Gasteiger charge is -2.39. The van der Waals surface area contributed by atoms with Crippen LogP contribution in [0.5, 0.6) is 0 Å². The first-order valence-electron chi connectivity index (χ1n) is 9.13. The maximum Gasteiger partial charge on any atom is 0.244 e. The smallest absolute Gasteiger partial charge is 0.244 e. The van der Waals surface area contributed by atoms with E-state index < -0.39 is 0 Å². The van der Waals surface area contributed by atoms with Gasteiger partial charge in [-0.3, -0.25) is 9.69 Å². The highest BCUT2D eigenvalue weighted by Gasteiger charge is 2.34. The van der Waals surface area contributed by atoms with Crippen LogP contribution >= 0.6 is 0 Å². The third kappa shape index (κ3) is 2.97. The largest absolute Gasteiger partial charge is 0.368 e. The zero-order chi connectivity index (χ0) is 15.8. The normalized spacial score (nSPS) is 23.0. The quantitative estimate of drug-likeness (QED) is 0.855. The summed E-state index contributed by atoms with van der Waals surface area (Å²) in [6.45, 7) is 7.15. The Hall–Kier alpha value is -1.55. The summed E-state index contributed by atoms with van der Waals surface area (Å²) in [7, 11) is 0. The van der Waals surface area contributed by atoms with Crippen LogP contribution < -0.4 is 9.80 Å². The zero-order valence-electron chi connectivity index (χ0n) is 14.1. The van der Waals surface area contributed by atoms with Crippen LogP contribution in [0.1, 0.15) is 32.6 Å². The van der Waals surface area contributed by atoms with E-state index in [0.29, 0.717) is 0 Å². The van der Waals surface area contributed by atoms with Crippen molar-refractivity contribution in [2.75, 3.05) is 42.5 Å². The maximum absolute atomic E-state index is 13.1. The van der Waals surface area contributed by atoms with E-state index in [-0.39, 0.29) is 11.9 Å². The van der Waals surface area contributed by atoms with Crippen LogP contribution in [-0.2, 0) is 4.79 Å². The topological polar surface area (TPSA) is 26.8 Å². The Kier molecular flexibility index (Phi) is 4.02. The summed E-state index contributed by atoms with van der Waals surface area (Å²) in [5.74, 6) is 1.14. The highest BCUT2D eigenvalue weighted by molar-refractivity contribution is 6.00. The molecular formula is C19H27N3O. The maximum atomic E-state index is 13.1. The molecule has 1 amide bonds. The number of hydrogen-bond acceptors (Lipinski definition) is 3. The second kappa shape index (κ2) is 6.16. The molecular weight excluding hydrogens is 286 g/mol. The molecule has 0 aromatic heterocycles. The van der Waals surface area contributed by atoms with E-state index in [0.717, 1.165) is 44.3 Å². The van der Waals surface area contributed by atoms with Crippen LogP contribution in [-0.4, -0.2) is 49.6 Å². The van der Waals surface area contributed by atoms with Gasteiger partial charge in [0.05, 0.1) is 17.4 Å². The van der Waals surface area contributed by atoms with E-state index in [1.165, 1.54) is 31.4 Å². The standard InChI is InChI=1S/C19H27N3O/c1-15(20-10-4-5-11-20)19(23)22-13-12-21(14-16-8-9-16)17-6-2-3-7-18(17)22/h2-3,6-7,15-16H,4-5,8-14H2,1H3. The summed E-state index contributed by atoms with van der Waals surface area (Å²) in [4.78, 5) is 19.9. The molecule has 1 atom stereocenters. The number of benzene rings is 1. The first-order chi connectivity index (χ1) is 11.2. The minimum absolute atomic E-state index is 0.000498. The molecule has 2 heterocycles. The number of carbonyl (C=O) groups excluding carboxylic acids is 1. The van der Waals surface area contributed by atoms with Crippen LogP contribution in [0.25, 0.3) is 0 Å². The second-order valence-corrected chi connectivity index (χ2v) is 7.29. The Bertz CT molecular complexity index is 578. The molecule has 0 N–H and O–H groups in total. The monoisotopic (exact) mass is 313 g/mol. The predicted molar refractivity (Wildman–Crippen MR) is 94.0 cm³/mol. The van der Waals surface area contributed by atoms with Gasteiger partial charge in [-0.05, 0) is 63.7 Å². The Balaban J connectivity index is 1.55. The molecule has 2 aliphatic heterocycles. The summed E-state index contributed by atoms with van der Waals surface area (Å²) in [6, 6.07) is 8.44. The number of carbonyl (C=O) groups is 1. The summed E-state index contributed by atoms with van der Waals surface area (Å²) in [6.07, 6.45) is 5.19. The highest BCUT2D eigenvalue weighted by Crippen LogP contribution is 2.37. The molecule has 1 aromatic rings. The van der Waals surface area contributed by atoms with E-state index in [4.69, 9.17) is 0 Å². The first-order valence-corrected chi connectivity index (χ1v) is 9.13. The van der Waals surface area contributed by atoms with Crippen LogP contribution in [0.4, 0.5) is 11.4 Å². The minimum Gasteiger partial charge on any atom is -0.368 e. The first kappa shape index (κ1) is 15.0. The number of likely N-dealkylation sites (tertiary alicyclic amines) is 1. The average molecular weight is 313 g/mol. The fourth-order valence-electron chi connectivity index (χ4n) is 3.96. The van der Waals surface area contributed by atoms with Crippen LogP contribution in [0.2, 0.25) is 0 Å². The van der Waals surface area contributed by atoms with Crippen LogP contribution in [0, 0.1) is 5.92 Å². The Morgan fingerprint density at radius 3 is 2.48 bits per heavy atom. The number of para-hydroxylation sites is 2. The van der Waals surface area contributed by atoms with E-state index >= 15 is 0 Å². The molecule has 1 unspecified atom stereocenters. The van der Waals surface area contributed by atoms with E-state index in [1.807, 2.05) is 4.90 Å². The second-order valence-electron chi connectivity index (χ2n) is 7.29. The van der Waals surface area contributed by atoms with Gasteiger partial charge in [-0.25, -0.2) is 0 Å². The Labute approximate surface area is 139 Å². The molecule has 124 valence electrons. The van der Waals surface area contributed by atoms with Gasteiger partial charge in [0.1, 0.15) is 0 Å². The third-order valence-electron chi connectivity index (χ3n) is 5.59. The fourth-order valence-corrected chi connectivity index (χ4v) is 3.96. The molecule has 0 bridgehead atoms. The average Bonchev–Trinajstić information content (AvgIpc) is 3.23. The number of fused-ring (bicyclic) bond motifs is 1. The van der Waals surface area contributed by atoms with Crippen LogP contribution in [0.15, 0.2) is 24.3 Å². The van der Waals surface area contributed by atoms with Gasteiger partial charge < -0.3 is 9.80 Å². The van der Waals surface area contributed by atoms with Gasteiger partial charge >= 0.3 is 0 Å². The summed E-state index contributed by atoms with van der Waals surface area (Å²) in [5.41, 5.74) is 2.35. The SMILES string of the molecule is CC(C(=O)N1CCN(CC2CC2)c2ccccc21)N1CCCC1. The van der Waals surface area contributed by atoms with Gasteiger partial charge in [0.15, 0.2) is 0 Å². The summed E-state index contributed by atoms with van der Waals surface area (Å²) >= 11 is 0. The lowest BCUT2D eigenvalue weighted by atomic mass is 10.1. The zero-order valence-corrected chi connectivity index (χ0v) is 14.1. The van der Waals surface area contributed by atoms with Crippen molar-refractivity contribution in [1.82, 2.24) is 4.90 Å². The number of hydrogen-bond donors (Lipinski definition) is 0. The number of rotatable bonds is 4. The van der Waals surface area contributed by atoms with Crippen molar-refractivity contribution < 1.29 is 4.79 Å². The van der Waals surface area contributed by atoms with Crippen LogP contribution in [0.3, 0.4) is 0 Å². The predicted octanol–water partition coefficient (Wildman–Crippen LogP) is 2.73. The Morgan fingerprint density at radius 1 is 1.09 bits per heavy atom. The summed E-state index contributed by atoms with van der Waals surface area (Å²) < 4.78 is 0. The van der Waals surface area contributed by atoms with Crippen molar-refractivity contribution in [2.24, 2.45) is 5.92 Å². The van der Waals surface area contributed by atoms with Crippen molar-refractivity contribution in [1.29, 1.82) is 0 Å². The number of anilines is 2. The van der Waals surface area contributed by atoms with Gasteiger partial charge in [-0.15, -0.1) is 0 Å². The number of amides is 1. The van der Waals surface area contributed by atoms with E-state index in [9.17, 15) is 4.79 Å². The van der Waals surface area contributed by atoms with Crippen molar-refractivity contribution in [3.05, 3.63) is 24.3 Å². The van der Waals surface area contributed by atoms with Gasteiger partial charge in [0, 0.05) is 19.6 Å². The van der Waals surface area contributed by atoms with Gasteiger partial charge in [0.2, 0.25) is 5.91 Å². The molecule has 4 heteroatoms. The highest BCUT2D eigenvalue weighted by atomic mass is 16.2. The van der Waals surface area contributed by atoms with Gasteiger partial charge in [-0.1, -0.05) is 12.1 Å². The third-order valence-corrected chi connectivity index (χ3v) is 5.59. The minimum atomic E-state index is 0.000498. The van der Waals surface area contributed by atoms with Gasteiger partial charge in [0.25, 0.3) is 0 Å². The molecule has 1 aromatic carbocycles. The molecule has 0 spiro atoms. The Morgan fingerprint density at radius 2 is 1.78 bits per heavy atom. The molecule has 1 saturated heterocycles. The van der Waals surface area contributed by atoms with Crippen molar-refractivity contribution >= 4 is 17.3 Å². The van der Waals surface area contributed by atoms with Gasteiger partial charge in [-0.2, -0.15) is 0 Å². The fraction of sp³-hybridized carbons (Fsp3) is 0.632. The number of nitrogens with zero attached hydrogens (tertiary/aromatic N) is 3. The molecule has 23 heavy (non-hydrogen) atoms. The molecule has 0 radical (unpaired) electrons. The van der Waals surface area contributed by atoms with E-state index in [1.54, 1.807) is 0 Å². The molecule has 1 aliphatic carbocycles. The lowest BCUT2D eigenvalue weighted by molar-refractivity contribution is -0.122. The van der Waals surface area contributed by atoms with E-state index in [2.05, 4.69) is 41.0 Å². The summed E-state index contributed by atoms with van der Waals surface area (Å²) in [5, 5.41) is 0. The lowest BCUT2D eigenvalue weighted by Crippen LogP contribution is -2.51. The van der Waals surface area contributed by atoms with Crippen molar-refractivity contribution in [3.8, 4) is 0 Å². The molecule has 4 nitrogen and oxygen atoms in total. The molecule has 1 saturated carbocycles. The molecule has 2 fully saturated rings. The van der Waals surface area contributed by atoms with Crippen molar-refractivity contribution in [2.45, 2.75) is 38.6 Å². The van der Waals surface area contributed by atoms with Crippen molar-refractivity contribution in [3.63, 3.8) is 0 Å². The molecule has 3 aliphatic rings. The molecule has 4 rings (SSSR count).